The van der Waals surface area contributed by atoms with Crippen molar-refractivity contribution in [1.29, 1.82) is 0 Å². The Morgan fingerprint density at radius 1 is 0.556 bits per heavy atom. The van der Waals surface area contributed by atoms with Gasteiger partial charge in [0, 0.05) is 75.9 Å². The van der Waals surface area contributed by atoms with Crippen LogP contribution in [-0.4, -0.2) is 147 Å². The summed E-state index contributed by atoms with van der Waals surface area (Å²) in [5.74, 6) is 0.253. The SMILES string of the molecule is CCSc1nc(Nc2cc(N(CC)CC)c(OC)cc2/N=N/c2nc(N3CCCCC3)c(/C=C(/C(C)=O)C(=O)Nc3ccc(S(=O)(=O)O)cc3)s2)nc(Nc2cc(N(CC)CC)c(OC)cc2/N=N/c2nc(N3CCCCC3)c(/C=C(\C(C)=O)C(=O)Nc3ccc(S(=O)(=O)O)cc3)s2)n1. The Bertz CT molecular complexity index is 4190. The molecule has 0 spiro atoms. The highest BCUT2D eigenvalue weighted by molar-refractivity contribution is 7.99. The third-order valence-corrected chi connectivity index (χ3v) is 20.1. The number of nitrogens with zero attached hydrogens (tertiary/aromatic N) is 13. The smallest absolute Gasteiger partial charge is 0.294 e. The lowest BCUT2D eigenvalue weighted by Gasteiger charge is -2.27. The number of hydrogen-bond acceptors (Lipinski definition) is 28. The topological polar surface area (TPSA) is 370 Å². The summed E-state index contributed by atoms with van der Waals surface area (Å²) in [5.41, 5.74) is 2.89. The zero-order valence-electron chi connectivity index (χ0n) is 56.0. The quantitative estimate of drug-likeness (QED) is 0.00608. The molecule has 2 saturated heterocycles. The van der Waals surface area contributed by atoms with Crippen molar-refractivity contribution in [3.8, 4) is 11.5 Å². The van der Waals surface area contributed by atoms with Crippen molar-refractivity contribution in [1.82, 2.24) is 24.9 Å². The second kappa shape index (κ2) is 33.5. The van der Waals surface area contributed by atoms with Crippen molar-refractivity contribution in [3.63, 3.8) is 0 Å². The molecule has 0 saturated carbocycles. The number of Topliss-reactive ketones (excluding diaryl/α,β-unsaturated/α-hetero) is 2. The Kier molecular flexibility index (Phi) is 25.0. The zero-order chi connectivity index (χ0) is 71.1. The summed E-state index contributed by atoms with van der Waals surface area (Å²) in [7, 11) is -5.85. The summed E-state index contributed by atoms with van der Waals surface area (Å²) in [5, 5.41) is 31.8. The van der Waals surface area contributed by atoms with Gasteiger partial charge in [0.05, 0.1) is 67.7 Å². The Morgan fingerprint density at radius 2 is 0.929 bits per heavy atom. The maximum atomic E-state index is 13.8. The monoisotopic (exact) mass is 1450 g/mol. The van der Waals surface area contributed by atoms with E-state index >= 15 is 0 Å². The largest absolute Gasteiger partial charge is 0.494 e. The third-order valence-electron chi connectivity index (χ3n) is 15.8. The van der Waals surface area contributed by atoms with Gasteiger partial charge >= 0.3 is 0 Å². The summed E-state index contributed by atoms with van der Waals surface area (Å²) in [4.78, 5) is 87.2. The van der Waals surface area contributed by atoms with Crippen LogP contribution in [0.1, 0.15) is 96.7 Å². The molecule has 0 unspecified atom stereocenters. The number of benzene rings is 4. The highest BCUT2D eigenvalue weighted by atomic mass is 32.2. The maximum absolute atomic E-state index is 13.8. The molecule has 2 amide bonds. The van der Waals surface area contributed by atoms with Crippen LogP contribution in [0.5, 0.6) is 11.5 Å². The van der Waals surface area contributed by atoms with Gasteiger partial charge in [-0.3, -0.25) is 28.3 Å². The number of ketones is 2. The van der Waals surface area contributed by atoms with Gasteiger partial charge in [0.25, 0.3) is 32.1 Å². The van der Waals surface area contributed by atoms with Crippen molar-refractivity contribution in [3.05, 3.63) is 93.7 Å². The van der Waals surface area contributed by atoms with Crippen molar-refractivity contribution >= 4 is 169 Å². The van der Waals surface area contributed by atoms with Crippen LogP contribution in [-0.2, 0) is 39.4 Å². The number of anilines is 10. The molecule has 29 nitrogen and oxygen atoms in total. The second-order valence-corrected chi connectivity index (χ2v) is 28.5. The molecule has 6 N–H and O–H groups in total. The lowest BCUT2D eigenvalue weighted by molar-refractivity contribution is -0.120. The summed E-state index contributed by atoms with van der Waals surface area (Å²) in [6.07, 6.45) is 8.51. The number of carbonyl (C=O) groups excluding carboxylic acids is 4. The number of thiazole rings is 2. The van der Waals surface area contributed by atoms with Gasteiger partial charge in [-0.15, -0.1) is 20.5 Å². The fraction of sp³-hybridized carbons (Fsp3) is 0.369. The summed E-state index contributed by atoms with van der Waals surface area (Å²) >= 11 is 3.62. The summed E-state index contributed by atoms with van der Waals surface area (Å²) in [6.45, 7) is 17.8. The van der Waals surface area contributed by atoms with Crippen LogP contribution in [0.25, 0.3) is 12.2 Å². The van der Waals surface area contributed by atoms with E-state index in [1.807, 2.05) is 46.8 Å². The van der Waals surface area contributed by atoms with Gasteiger partial charge in [-0.05, 0) is 159 Å². The average Bonchev–Trinajstić information content (AvgIpc) is 1.76. The number of methoxy groups -OCH3 is 2. The highest BCUT2D eigenvalue weighted by Crippen LogP contribution is 2.45. The number of hydrogen-bond donors (Lipinski definition) is 6. The highest BCUT2D eigenvalue weighted by Gasteiger charge is 2.27. The number of rotatable bonds is 30. The van der Waals surface area contributed by atoms with Gasteiger partial charge < -0.3 is 50.3 Å². The van der Waals surface area contributed by atoms with E-state index in [-0.39, 0.29) is 54.5 Å². The molecule has 0 atom stereocenters. The minimum absolute atomic E-state index is 0.122. The van der Waals surface area contributed by atoms with E-state index in [0.717, 1.165) is 96.8 Å². The van der Waals surface area contributed by atoms with Crippen LogP contribution in [0.3, 0.4) is 0 Å². The van der Waals surface area contributed by atoms with Gasteiger partial charge in [0.2, 0.25) is 22.2 Å². The maximum Gasteiger partial charge on any atom is 0.294 e. The first-order chi connectivity index (χ1) is 47.4. The molecule has 0 bridgehead atoms. The first-order valence-electron chi connectivity index (χ1n) is 31.9. The molecular weight excluding hydrogens is 1370 g/mol. The van der Waals surface area contributed by atoms with E-state index in [1.54, 1.807) is 26.4 Å². The van der Waals surface area contributed by atoms with Gasteiger partial charge in [-0.2, -0.15) is 41.8 Å². The van der Waals surface area contributed by atoms with Gasteiger partial charge in [-0.1, -0.05) is 41.4 Å². The van der Waals surface area contributed by atoms with Crippen molar-refractivity contribution in [2.75, 3.05) is 113 Å². The molecule has 34 heteroatoms. The molecule has 99 heavy (non-hydrogen) atoms. The molecule has 2 aliphatic rings. The molecule has 0 radical (unpaired) electrons. The summed E-state index contributed by atoms with van der Waals surface area (Å²) < 4.78 is 77.7. The predicted molar refractivity (Wildman–Crippen MR) is 388 cm³/mol. The number of azo groups is 2. The number of thioether (sulfide) groups is 1. The first kappa shape index (κ1) is 73.9. The molecule has 7 aromatic rings. The van der Waals surface area contributed by atoms with Gasteiger partial charge in [-0.25, -0.2) is 0 Å². The fourth-order valence-corrected chi connectivity index (χ4v) is 14.1. The molecule has 9 rings (SSSR count). The van der Waals surface area contributed by atoms with Gasteiger partial charge in [0.15, 0.2) is 16.7 Å². The number of piperidine rings is 2. The van der Waals surface area contributed by atoms with E-state index in [1.165, 1.54) is 62.0 Å². The molecular formula is C65H77N17O12S5. The summed E-state index contributed by atoms with van der Waals surface area (Å²) in [6, 6.07) is 16.9. The molecule has 524 valence electrons. The fourth-order valence-electron chi connectivity index (χ4n) is 10.8. The van der Waals surface area contributed by atoms with E-state index in [2.05, 4.69) is 51.1 Å². The molecule has 0 aliphatic carbocycles. The second-order valence-electron chi connectivity index (χ2n) is 22.4. The van der Waals surface area contributed by atoms with Crippen LogP contribution in [0, 0.1) is 0 Å². The lowest BCUT2D eigenvalue weighted by Crippen LogP contribution is -2.30. The van der Waals surface area contributed by atoms with Crippen molar-refractivity contribution < 1.29 is 54.6 Å². The normalized spacial score (nSPS) is 14.0. The predicted octanol–water partition coefficient (Wildman–Crippen LogP) is 13.6. The minimum Gasteiger partial charge on any atom is -0.494 e. The van der Waals surface area contributed by atoms with E-state index in [0.29, 0.717) is 119 Å². The minimum atomic E-state index is -4.49. The Morgan fingerprint density at radius 3 is 1.25 bits per heavy atom. The molecule has 2 aliphatic heterocycles. The Labute approximate surface area is 586 Å². The Hall–Kier alpha value is -9.32. The number of carbonyl (C=O) groups is 4. The molecule has 4 aromatic carbocycles. The number of ether oxygens (including phenoxy) is 2. The van der Waals surface area contributed by atoms with Crippen molar-refractivity contribution in [2.45, 2.75) is 102 Å². The lowest BCUT2D eigenvalue weighted by atomic mass is 10.1. The average molecular weight is 1450 g/mol. The van der Waals surface area contributed by atoms with Crippen LogP contribution in [0.4, 0.5) is 79.3 Å². The number of amides is 2. The first-order valence-corrected chi connectivity index (χ1v) is 37.4. The van der Waals surface area contributed by atoms with E-state index < -0.39 is 43.6 Å². The van der Waals surface area contributed by atoms with Crippen LogP contribution in [0.15, 0.2) is 119 Å². The van der Waals surface area contributed by atoms with Crippen molar-refractivity contribution in [2.24, 2.45) is 20.5 Å². The number of nitrogens with one attached hydrogen (secondary N) is 4. The standard InChI is InChI=1S/C65H77N17O12S5/c1-10-79(11-2)51-35-47(49(37-53(51)93-8)75-77-64-70-57(81-29-17-15-18-30-81)55(96-64)33-45(39(6)83)59(85)66-41-21-25-43(26-22-41)98(87,88)89)68-61-72-62(74-63(73-61)95-14-5)69-48-36-52(80(12-3)13-4)54(94-9)38-50(48)76-78-65-71-58(82-31-19-16-20-32-82)56(97-65)34-46(40(7)84)60(86)67-42-23-27-44(28-24-42)99(90,91)92/h21-28,33-38H,10-20,29-32H2,1-9H3,(H,66,85)(H,67,86)(H,87,88,89)(H,90,91,92)(H2,68,69,72,73,74)/b45-33-,46-34+,77-75+,78-76+. The Balaban J connectivity index is 1.09. The molecule has 2 fully saturated rings. The van der Waals surface area contributed by atoms with E-state index in [4.69, 9.17) is 44.6 Å². The van der Waals surface area contributed by atoms with E-state index in [9.17, 15) is 45.1 Å². The van der Waals surface area contributed by atoms with Crippen LogP contribution < -0.4 is 50.3 Å². The molecule has 5 heterocycles. The number of aromatic nitrogens is 5. The molecule has 3 aromatic heterocycles. The van der Waals surface area contributed by atoms with Gasteiger partial charge in [0.1, 0.15) is 34.5 Å². The van der Waals surface area contributed by atoms with Crippen LogP contribution in [0.2, 0.25) is 0 Å². The van der Waals surface area contributed by atoms with Crippen LogP contribution >= 0.6 is 34.4 Å². The zero-order valence-corrected chi connectivity index (χ0v) is 60.1. The third kappa shape index (κ3) is 18.9.